The molecule has 0 aromatic carbocycles. The van der Waals surface area contributed by atoms with Crippen molar-refractivity contribution in [2.24, 2.45) is 0 Å². The van der Waals surface area contributed by atoms with Crippen molar-refractivity contribution >= 4 is 11.0 Å². The van der Waals surface area contributed by atoms with Crippen LogP contribution in [0.4, 0.5) is 0 Å². The van der Waals surface area contributed by atoms with E-state index in [0.717, 1.165) is 12.1 Å². The van der Waals surface area contributed by atoms with Crippen molar-refractivity contribution in [1.82, 2.24) is 5.32 Å². The molecule has 0 spiro atoms. The molecule has 2 atom stereocenters. The molecule has 1 saturated carbocycles. The van der Waals surface area contributed by atoms with E-state index in [0.29, 0.717) is 0 Å². The van der Waals surface area contributed by atoms with Crippen LogP contribution in [0.3, 0.4) is 0 Å². The highest BCUT2D eigenvalue weighted by atomic mass is 32.2. The normalized spacial score (nSPS) is 33.6. The molecule has 1 saturated heterocycles. The fourth-order valence-electron chi connectivity index (χ4n) is 1.52. The lowest BCUT2D eigenvalue weighted by molar-refractivity contribution is 0.509. The number of nitrogens with one attached hydrogen (secondary N) is 1. The summed E-state index contributed by atoms with van der Waals surface area (Å²) in [4.78, 5) is 0. The van der Waals surface area contributed by atoms with Gasteiger partial charge in [-0.15, -0.1) is 0 Å². The van der Waals surface area contributed by atoms with Gasteiger partial charge in [-0.1, -0.05) is 12.8 Å². The van der Waals surface area contributed by atoms with E-state index in [1.807, 2.05) is 0 Å². The van der Waals surface area contributed by atoms with Gasteiger partial charge in [-0.2, -0.15) is 0 Å². The average molecular weight is 179 g/mol. The van der Waals surface area contributed by atoms with Gasteiger partial charge in [0.05, 0.1) is 0 Å². The van der Waals surface area contributed by atoms with Crippen LogP contribution in [-0.2, 0) is 11.0 Å². The smallest absolute Gasteiger partial charge is 0.254 e. The van der Waals surface area contributed by atoms with Gasteiger partial charge in [0.25, 0.3) is 11.0 Å². The highest BCUT2D eigenvalue weighted by Crippen LogP contribution is 2.28. The molecule has 5 heteroatoms. The summed E-state index contributed by atoms with van der Waals surface area (Å²) in [5.74, 6) is 0. The summed E-state index contributed by atoms with van der Waals surface area (Å²) in [5.41, 5.74) is 0. The van der Waals surface area contributed by atoms with Gasteiger partial charge in [0.1, 0.15) is 0 Å². The maximum absolute atomic E-state index is 8.59. The molecule has 1 heterocycles. The third-order valence-corrected chi connectivity index (χ3v) is 2.08. The van der Waals surface area contributed by atoms with Crippen LogP contribution in [0.15, 0.2) is 0 Å². The molecule has 2 rings (SSSR count). The fraction of sp³-hybridized carbons (Fsp3) is 1.00. The third-order valence-electron chi connectivity index (χ3n) is 2.08. The van der Waals surface area contributed by atoms with E-state index in [2.05, 4.69) is 5.32 Å². The van der Waals surface area contributed by atoms with Crippen molar-refractivity contribution in [3.63, 3.8) is 0 Å². The Labute approximate surface area is 67.8 Å². The number of fused-ring (bicyclic) bond motifs is 1. The highest BCUT2D eigenvalue weighted by molar-refractivity contribution is 7.66. The van der Waals surface area contributed by atoms with Crippen LogP contribution in [-0.4, -0.2) is 25.1 Å². The Morgan fingerprint density at radius 2 is 1.55 bits per heavy atom. The maximum Gasteiger partial charge on any atom is 0.254 e. The lowest BCUT2D eigenvalue weighted by atomic mass is 10.0. The van der Waals surface area contributed by atoms with Gasteiger partial charge in [-0.25, -0.2) is 8.42 Å². The first-order chi connectivity index (χ1) is 5.20. The molecule has 0 aromatic rings. The van der Waals surface area contributed by atoms with Gasteiger partial charge in [-0.3, -0.25) is 4.55 Å². The molecule has 2 aliphatic rings. The van der Waals surface area contributed by atoms with Crippen molar-refractivity contribution in [3.05, 3.63) is 0 Å². The maximum atomic E-state index is 8.59. The average Bonchev–Trinajstić information content (AvgIpc) is 2.62. The Kier molecular flexibility index (Phi) is 3.29. The predicted octanol–water partition coefficient (Wildman–Crippen LogP) is -0.0284. The van der Waals surface area contributed by atoms with Crippen molar-refractivity contribution < 1.29 is 13.0 Å². The molecule has 0 radical (unpaired) electrons. The summed E-state index contributed by atoms with van der Waals surface area (Å²) in [6.07, 6.45) is 5.83. The summed E-state index contributed by atoms with van der Waals surface area (Å²) in [6.45, 7) is 0. The second-order valence-electron chi connectivity index (χ2n) is 2.90. The number of hydrogen-bond donors (Lipinski definition) is 3. The molecule has 0 bridgehead atoms. The van der Waals surface area contributed by atoms with E-state index >= 15 is 0 Å². The van der Waals surface area contributed by atoms with Crippen LogP contribution in [0, 0.1) is 0 Å². The van der Waals surface area contributed by atoms with Crippen LogP contribution in [0.1, 0.15) is 25.7 Å². The van der Waals surface area contributed by atoms with E-state index < -0.39 is 11.0 Å². The van der Waals surface area contributed by atoms with Crippen molar-refractivity contribution in [2.75, 3.05) is 0 Å². The minimum atomic E-state index is -3.12. The highest BCUT2D eigenvalue weighted by Gasteiger charge is 2.37. The van der Waals surface area contributed by atoms with Gasteiger partial charge in [0, 0.05) is 12.1 Å². The van der Waals surface area contributed by atoms with Gasteiger partial charge >= 0.3 is 0 Å². The first kappa shape index (κ1) is 8.96. The monoisotopic (exact) mass is 179 g/mol. The third kappa shape index (κ3) is 3.69. The van der Waals surface area contributed by atoms with Gasteiger partial charge in [0.2, 0.25) is 0 Å². The van der Waals surface area contributed by atoms with Crippen LogP contribution in [0.5, 0.6) is 0 Å². The van der Waals surface area contributed by atoms with E-state index in [1.54, 1.807) is 0 Å². The quantitative estimate of drug-likeness (QED) is 0.277. The van der Waals surface area contributed by atoms with E-state index in [9.17, 15) is 0 Å². The topological polar surface area (TPSA) is 76.3 Å². The van der Waals surface area contributed by atoms with E-state index in [4.69, 9.17) is 13.0 Å². The Morgan fingerprint density at radius 1 is 1.18 bits per heavy atom. The van der Waals surface area contributed by atoms with Crippen LogP contribution >= 0.6 is 0 Å². The zero-order valence-corrected chi connectivity index (χ0v) is 7.09. The standard InChI is InChI=1S/C6H11N.H2O3S/c1-2-4-6-5(3-1)7-6;1-4(2)3/h5-7H,1-4H2;4H,(H,1,2,3). The second-order valence-corrected chi connectivity index (χ2v) is 3.38. The fourth-order valence-corrected chi connectivity index (χ4v) is 1.52. The summed E-state index contributed by atoms with van der Waals surface area (Å²) in [7, 11) is -3.12. The molecule has 2 fully saturated rings. The Balaban J connectivity index is 0.000000134. The molecule has 2 N–H and O–H groups in total. The van der Waals surface area contributed by atoms with Gasteiger partial charge in [-0.05, 0) is 12.8 Å². The van der Waals surface area contributed by atoms with E-state index in [-0.39, 0.29) is 0 Å². The molecular formula is C6H13NO3S. The Morgan fingerprint density at radius 3 is 1.82 bits per heavy atom. The summed E-state index contributed by atoms with van der Waals surface area (Å²) < 4.78 is 24.2. The molecule has 1 aliphatic carbocycles. The lowest BCUT2D eigenvalue weighted by Crippen LogP contribution is -2.00. The minimum Gasteiger partial charge on any atom is -0.308 e. The molecule has 2 unspecified atom stereocenters. The Bertz CT molecular complexity index is 174. The zero-order valence-electron chi connectivity index (χ0n) is 6.19. The molecule has 66 valence electrons. The summed E-state index contributed by atoms with van der Waals surface area (Å²) >= 11 is 0. The van der Waals surface area contributed by atoms with Crippen LogP contribution < -0.4 is 5.32 Å². The number of hydrogen-bond acceptors (Lipinski definition) is 3. The van der Waals surface area contributed by atoms with Gasteiger partial charge in [0.15, 0.2) is 0 Å². The van der Waals surface area contributed by atoms with Crippen LogP contribution in [0.25, 0.3) is 0 Å². The minimum absolute atomic E-state index is 0.953. The second kappa shape index (κ2) is 4.04. The first-order valence-corrected chi connectivity index (χ1v) is 4.92. The lowest BCUT2D eigenvalue weighted by Gasteiger charge is -2.02. The largest absolute Gasteiger partial charge is 0.308 e. The molecule has 11 heavy (non-hydrogen) atoms. The first-order valence-electron chi connectivity index (χ1n) is 3.79. The molecule has 0 amide bonds. The molecule has 4 nitrogen and oxygen atoms in total. The number of thiol groups is 1. The molecule has 1 aliphatic heterocycles. The summed E-state index contributed by atoms with van der Waals surface area (Å²) in [5, 5.41) is 3.43. The molecular weight excluding hydrogens is 166 g/mol. The summed E-state index contributed by atoms with van der Waals surface area (Å²) in [6, 6.07) is 1.91. The van der Waals surface area contributed by atoms with Crippen molar-refractivity contribution in [1.29, 1.82) is 0 Å². The van der Waals surface area contributed by atoms with E-state index in [1.165, 1.54) is 25.7 Å². The van der Waals surface area contributed by atoms with Crippen molar-refractivity contribution in [2.45, 2.75) is 37.8 Å². The van der Waals surface area contributed by atoms with Gasteiger partial charge < -0.3 is 5.32 Å². The number of rotatable bonds is 0. The van der Waals surface area contributed by atoms with Crippen LogP contribution in [0.2, 0.25) is 0 Å². The predicted molar refractivity (Wildman–Crippen MR) is 42.1 cm³/mol. The Hall–Kier alpha value is -0.130. The molecule has 0 aromatic heterocycles. The zero-order chi connectivity index (χ0) is 8.27. The SMILES string of the molecule is C1CCC2NC2C1.O=[SH](=O)O. The van der Waals surface area contributed by atoms with Crippen molar-refractivity contribution in [3.8, 4) is 0 Å².